The predicted molar refractivity (Wildman–Crippen MR) is 147 cm³/mol. The predicted octanol–water partition coefficient (Wildman–Crippen LogP) is -0.163. The number of carbonyl (C=O) groups is 5. The molecule has 2 aromatic rings. The Labute approximate surface area is 232 Å². The maximum Gasteiger partial charge on any atom is 0.326 e. The average molecular weight is 556 g/mol. The smallest absolute Gasteiger partial charge is 0.326 e. The number of aliphatic carboxylic acids is 1. The Bertz CT molecular complexity index is 1160. The summed E-state index contributed by atoms with van der Waals surface area (Å²) in [4.78, 5) is 61.5. The number of aromatic hydroxyl groups is 1. The summed E-state index contributed by atoms with van der Waals surface area (Å²) in [7, 11) is 0. The first-order chi connectivity index (χ1) is 18.9. The molecular weight excluding hydrogens is 518 g/mol. The van der Waals surface area contributed by atoms with E-state index in [4.69, 9.17) is 5.73 Å². The number of nitrogens with one attached hydrogen (secondary N) is 4. The van der Waals surface area contributed by atoms with Gasteiger partial charge in [-0.2, -0.15) is 0 Å². The molecule has 40 heavy (non-hydrogen) atoms. The van der Waals surface area contributed by atoms with Gasteiger partial charge >= 0.3 is 5.97 Å². The van der Waals surface area contributed by atoms with Gasteiger partial charge in [0.05, 0.1) is 19.1 Å². The highest BCUT2D eigenvalue weighted by Gasteiger charge is 2.25. The zero-order valence-electron chi connectivity index (χ0n) is 22.6. The fourth-order valence-corrected chi connectivity index (χ4v) is 3.80. The number of hydrogen-bond acceptors (Lipinski definition) is 7. The van der Waals surface area contributed by atoms with Gasteiger partial charge in [-0.15, -0.1) is 0 Å². The van der Waals surface area contributed by atoms with Crippen LogP contribution in [0.4, 0.5) is 0 Å². The summed E-state index contributed by atoms with van der Waals surface area (Å²) in [6, 6.07) is 11.9. The van der Waals surface area contributed by atoms with Crippen molar-refractivity contribution < 1.29 is 34.2 Å². The molecule has 3 atom stereocenters. The zero-order valence-corrected chi connectivity index (χ0v) is 22.6. The molecule has 0 aliphatic heterocycles. The van der Waals surface area contributed by atoms with Gasteiger partial charge < -0.3 is 37.2 Å². The third kappa shape index (κ3) is 11.5. The number of carboxylic acids is 1. The molecular formula is C28H37N5O7. The van der Waals surface area contributed by atoms with Crippen molar-refractivity contribution in [3.8, 4) is 5.75 Å². The zero-order chi connectivity index (χ0) is 29.7. The van der Waals surface area contributed by atoms with Gasteiger partial charge in [0.15, 0.2) is 0 Å². The van der Waals surface area contributed by atoms with Crippen molar-refractivity contribution in [2.75, 3.05) is 13.1 Å². The van der Waals surface area contributed by atoms with E-state index >= 15 is 0 Å². The lowest BCUT2D eigenvalue weighted by molar-refractivity contribution is -0.141. The lowest BCUT2D eigenvalue weighted by Crippen LogP contribution is -2.54. The number of benzene rings is 2. The second-order valence-electron chi connectivity index (χ2n) is 9.81. The molecule has 0 saturated carbocycles. The van der Waals surface area contributed by atoms with Gasteiger partial charge in [-0.3, -0.25) is 19.2 Å². The quantitative estimate of drug-likeness (QED) is 0.157. The minimum atomic E-state index is -1.26. The first-order valence-electron chi connectivity index (χ1n) is 12.9. The fraction of sp³-hybridized carbons (Fsp3) is 0.393. The van der Waals surface area contributed by atoms with Crippen LogP contribution in [-0.2, 0) is 36.8 Å². The Hall–Kier alpha value is -4.45. The Morgan fingerprint density at radius 2 is 1.32 bits per heavy atom. The van der Waals surface area contributed by atoms with Crippen LogP contribution in [0.1, 0.15) is 31.4 Å². The van der Waals surface area contributed by atoms with Crippen molar-refractivity contribution in [1.29, 1.82) is 0 Å². The molecule has 0 saturated heterocycles. The van der Waals surface area contributed by atoms with Crippen LogP contribution in [0.15, 0.2) is 54.6 Å². The van der Waals surface area contributed by atoms with Gasteiger partial charge in [-0.25, -0.2) is 4.79 Å². The first kappa shape index (κ1) is 31.8. The molecule has 0 aliphatic carbocycles. The molecule has 0 bridgehead atoms. The van der Waals surface area contributed by atoms with Crippen molar-refractivity contribution in [3.05, 3.63) is 65.7 Å². The van der Waals surface area contributed by atoms with E-state index in [0.717, 1.165) is 5.56 Å². The molecule has 0 radical (unpaired) electrons. The van der Waals surface area contributed by atoms with Crippen LogP contribution in [-0.4, -0.2) is 71.0 Å². The Kier molecular flexibility index (Phi) is 12.6. The summed E-state index contributed by atoms with van der Waals surface area (Å²) in [5.41, 5.74) is 7.34. The van der Waals surface area contributed by atoms with Gasteiger partial charge in [0.1, 0.15) is 17.8 Å². The van der Waals surface area contributed by atoms with Gasteiger partial charge in [0.2, 0.25) is 23.6 Å². The van der Waals surface area contributed by atoms with Crippen LogP contribution in [0, 0.1) is 5.92 Å². The molecule has 4 amide bonds. The third-order valence-electron chi connectivity index (χ3n) is 5.86. The summed E-state index contributed by atoms with van der Waals surface area (Å²) >= 11 is 0. The van der Waals surface area contributed by atoms with E-state index in [1.807, 2.05) is 19.9 Å². The number of rotatable bonds is 15. The second kappa shape index (κ2) is 15.8. The fourth-order valence-electron chi connectivity index (χ4n) is 3.80. The number of amides is 4. The summed E-state index contributed by atoms with van der Waals surface area (Å²) in [6.45, 7) is 2.87. The normalized spacial score (nSPS) is 13.0. The highest BCUT2D eigenvalue weighted by Crippen LogP contribution is 2.11. The molecule has 216 valence electrons. The van der Waals surface area contributed by atoms with Crippen LogP contribution in [0.5, 0.6) is 5.75 Å². The molecule has 2 rings (SSSR count). The summed E-state index contributed by atoms with van der Waals surface area (Å²) in [5.74, 6) is -3.56. The van der Waals surface area contributed by atoms with Gasteiger partial charge in [-0.1, -0.05) is 56.3 Å². The van der Waals surface area contributed by atoms with Crippen LogP contribution in [0.3, 0.4) is 0 Å². The monoisotopic (exact) mass is 555 g/mol. The molecule has 12 heteroatoms. The minimum absolute atomic E-state index is 0.0259. The Morgan fingerprint density at radius 3 is 1.93 bits per heavy atom. The molecule has 0 unspecified atom stereocenters. The van der Waals surface area contributed by atoms with E-state index in [0.29, 0.717) is 12.0 Å². The molecule has 0 aliphatic rings. The van der Waals surface area contributed by atoms with Crippen molar-refractivity contribution in [3.63, 3.8) is 0 Å². The van der Waals surface area contributed by atoms with Gasteiger partial charge in [-0.05, 0) is 35.6 Å². The SMILES string of the molecule is CC(C)C[C@@H](N)C(=O)N[C@H](Cc1ccccc1)C(=O)NCC(=O)NCC(=O)N[C@@H](Cc1ccc(O)cc1)C(=O)O. The molecule has 2 aromatic carbocycles. The maximum atomic E-state index is 12.9. The minimum Gasteiger partial charge on any atom is -0.508 e. The molecule has 0 spiro atoms. The summed E-state index contributed by atoms with van der Waals surface area (Å²) in [5, 5.41) is 28.5. The van der Waals surface area contributed by atoms with Gasteiger partial charge in [0, 0.05) is 12.8 Å². The van der Waals surface area contributed by atoms with Crippen molar-refractivity contribution in [2.24, 2.45) is 11.7 Å². The topological polar surface area (TPSA) is 200 Å². The number of phenolic OH excluding ortho intramolecular Hbond substituents is 1. The highest BCUT2D eigenvalue weighted by atomic mass is 16.4. The molecule has 0 aromatic heterocycles. The van der Waals surface area contributed by atoms with Crippen LogP contribution < -0.4 is 27.0 Å². The van der Waals surface area contributed by atoms with Crippen molar-refractivity contribution >= 4 is 29.6 Å². The number of nitrogens with two attached hydrogens (primary N) is 1. The number of carboxylic acid groups (broad SMARTS) is 1. The van der Waals surface area contributed by atoms with E-state index in [1.54, 1.807) is 24.3 Å². The van der Waals surface area contributed by atoms with Gasteiger partial charge in [0.25, 0.3) is 0 Å². The van der Waals surface area contributed by atoms with E-state index in [2.05, 4.69) is 21.3 Å². The second-order valence-corrected chi connectivity index (χ2v) is 9.81. The van der Waals surface area contributed by atoms with E-state index in [1.165, 1.54) is 24.3 Å². The average Bonchev–Trinajstić information content (AvgIpc) is 2.91. The number of carbonyl (C=O) groups excluding carboxylic acids is 4. The molecule has 0 fully saturated rings. The lowest BCUT2D eigenvalue weighted by Gasteiger charge is -2.21. The lowest BCUT2D eigenvalue weighted by atomic mass is 10.0. The molecule has 0 heterocycles. The standard InChI is InChI=1S/C28H37N5O7/c1-17(2)12-21(29)26(37)33-22(13-18-6-4-3-5-7-18)27(38)31-15-24(35)30-16-25(36)32-23(28(39)40)14-19-8-10-20(34)11-9-19/h3-11,17,21-23,34H,12-16,29H2,1-2H3,(H,30,35)(H,31,38)(H,32,36)(H,33,37)(H,39,40)/t21-,22-,23+/m1/s1. The molecule has 8 N–H and O–H groups in total. The largest absolute Gasteiger partial charge is 0.508 e. The molecule has 12 nitrogen and oxygen atoms in total. The van der Waals surface area contributed by atoms with E-state index < -0.39 is 60.8 Å². The first-order valence-corrected chi connectivity index (χ1v) is 12.9. The third-order valence-corrected chi connectivity index (χ3v) is 5.86. The van der Waals surface area contributed by atoms with E-state index in [9.17, 15) is 34.2 Å². The van der Waals surface area contributed by atoms with Crippen LogP contribution in [0.2, 0.25) is 0 Å². The number of hydrogen-bond donors (Lipinski definition) is 7. The highest BCUT2D eigenvalue weighted by molar-refractivity contribution is 5.93. The summed E-state index contributed by atoms with van der Waals surface area (Å²) < 4.78 is 0. The Morgan fingerprint density at radius 1 is 0.750 bits per heavy atom. The Balaban J connectivity index is 1.88. The van der Waals surface area contributed by atoms with Crippen molar-refractivity contribution in [2.45, 2.75) is 51.2 Å². The maximum absolute atomic E-state index is 12.9. The number of phenols is 1. The van der Waals surface area contributed by atoms with Crippen LogP contribution >= 0.6 is 0 Å². The van der Waals surface area contributed by atoms with Crippen molar-refractivity contribution in [1.82, 2.24) is 21.3 Å². The van der Waals surface area contributed by atoms with Crippen LogP contribution in [0.25, 0.3) is 0 Å². The van der Waals surface area contributed by atoms with E-state index in [-0.39, 0.29) is 24.5 Å². The summed E-state index contributed by atoms with van der Waals surface area (Å²) in [6.07, 6.45) is 0.586.